The van der Waals surface area contributed by atoms with Gasteiger partial charge in [0.05, 0.1) is 0 Å². The summed E-state index contributed by atoms with van der Waals surface area (Å²) < 4.78 is 0. The summed E-state index contributed by atoms with van der Waals surface area (Å²) in [5, 5.41) is 3.72. The maximum Gasteiger partial charge on any atom is 0.253 e. The van der Waals surface area contributed by atoms with Crippen molar-refractivity contribution < 1.29 is 4.79 Å². The number of benzene rings is 1. The highest BCUT2D eigenvalue weighted by atomic mass is 35.5. The lowest BCUT2D eigenvalue weighted by Gasteiger charge is -2.06. The molecule has 120 valence electrons. The molecule has 1 aromatic carbocycles. The Bertz CT molecular complexity index is 826. The van der Waals surface area contributed by atoms with Crippen LogP contribution in [0.1, 0.15) is 22.4 Å². The molecule has 0 saturated heterocycles. The van der Waals surface area contributed by atoms with E-state index in [-0.39, 0.29) is 18.0 Å². The first-order chi connectivity index (χ1) is 10.9. The Morgan fingerprint density at radius 2 is 2.00 bits per heavy atom. The summed E-state index contributed by atoms with van der Waals surface area (Å²) in [5.74, 6) is -0.319. The van der Waals surface area contributed by atoms with Crippen LogP contribution < -0.4 is 10.9 Å². The summed E-state index contributed by atoms with van der Waals surface area (Å²) in [7, 11) is 0. The third-order valence-electron chi connectivity index (χ3n) is 3.31. The highest BCUT2D eigenvalue weighted by molar-refractivity contribution is 6.34. The molecule has 0 aliphatic rings. The monoisotopic (exact) mass is 350 g/mol. The highest BCUT2D eigenvalue weighted by Gasteiger charge is 2.06. The van der Waals surface area contributed by atoms with E-state index in [1.54, 1.807) is 24.3 Å². The lowest BCUT2D eigenvalue weighted by Crippen LogP contribution is -2.26. The number of carbonyl (C=O) groups excluding carboxylic acids is 1. The fraction of sp³-hybridized carbons (Fsp3) is 0.176. The Hall–Kier alpha value is -2.04. The maximum absolute atomic E-state index is 11.9. The van der Waals surface area contributed by atoms with Crippen LogP contribution in [0, 0.1) is 13.8 Å². The Labute approximate surface area is 144 Å². The first-order valence-corrected chi connectivity index (χ1v) is 7.73. The molecular formula is C17H16Cl2N2O2. The van der Waals surface area contributed by atoms with Gasteiger partial charge >= 0.3 is 0 Å². The summed E-state index contributed by atoms with van der Waals surface area (Å²) >= 11 is 11.9. The average Bonchev–Trinajstić information content (AvgIpc) is 2.47. The summed E-state index contributed by atoms with van der Waals surface area (Å²) in [6.45, 7) is 3.81. The molecule has 1 amide bonds. The Morgan fingerprint density at radius 1 is 1.26 bits per heavy atom. The van der Waals surface area contributed by atoms with E-state index in [0.29, 0.717) is 21.2 Å². The minimum atomic E-state index is -0.319. The lowest BCUT2D eigenvalue weighted by molar-refractivity contribution is -0.116. The number of H-pyrrole nitrogens is 1. The van der Waals surface area contributed by atoms with Gasteiger partial charge in [0.25, 0.3) is 5.56 Å². The van der Waals surface area contributed by atoms with Crippen molar-refractivity contribution in [2.24, 2.45) is 0 Å². The predicted molar refractivity (Wildman–Crippen MR) is 93.9 cm³/mol. The third-order valence-corrected chi connectivity index (χ3v) is 3.88. The average molecular weight is 351 g/mol. The second-order valence-corrected chi connectivity index (χ2v) is 6.00. The van der Waals surface area contributed by atoms with E-state index < -0.39 is 0 Å². The molecule has 0 aliphatic carbocycles. The molecule has 2 rings (SSSR count). The molecule has 0 bridgehead atoms. The molecule has 0 spiro atoms. The number of aromatic nitrogens is 1. The number of aromatic amines is 1. The molecule has 0 unspecified atom stereocenters. The third kappa shape index (κ3) is 4.71. The van der Waals surface area contributed by atoms with Gasteiger partial charge in [-0.2, -0.15) is 0 Å². The molecule has 4 nitrogen and oxygen atoms in total. The van der Waals surface area contributed by atoms with Crippen LogP contribution in [0.2, 0.25) is 10.0 Å². The van der Waals surface area contributed by atoms with Gasteiger partial charge in [0.15, 0.2) is 0 Å². The number of carbonyl (C=O) groups is 1. The van der Waals surface area contributed by atoms with Crippen LogP contribution in [0.15, 0.2) is 35.1 Å². The number of hydrogen-bond acceptors (Lipinski definition) is 2. The molecule has 0 saturated carbocycles. The highest BCUT2D eigenvalue weighted by Crippen LogP contribution is 2.21. The molecule has 23 heavy (non-hydrogen) atoms. The van der Waals surface area contributed by atoms with Crippen LogP contribution in [-0.2, 0) is 11.3 Å². The van der Waals surface area contributed by atoms with Crippen LogP contribution in [0.4, 0.5) is 0 Å². The first-order valence-electron chi connectivity index (χ1n) is 6.97. The molecule has 0 atom stereocenters. The SMILES string of the molecule is Cc1cc(C)c(CNC(=O)/C=C/c2cc(Cl)ccc2Cl)c(=O)[nH]1. The number of halogens is 2. The predicted octanol–water partition coefficient (Wildman–Crippen LogP) is 3.63. The van der Waals surface area contributed by atoms with Gasteiger partial charge < -0.3 is 10.3 Å². The first kappa shape index (κ1) is 17.3. The largest absolute Gasteiger partial charge is 0.348 e. The quantitative estimate of drug-likeness (QED) is 0.827. The van der Waals surface area contributed by atoms with Gasteiger partial charge in [0, 0.05) is 33.9 Å². The number of hydrogen-bond donors (Lipinski definition) is 2. The summed E-state index contributed by atoms with van der Waals surface area (Å²) in [6.07, 6.45) is 2.94. The van der Waals surface area contributed by atoms with E-state index in [0.717, 1.165) is 11.3 Å². The fourth-order valence-corrected chi connectivity index (χ4v) is 2.50. The van der Waals surface area contributed by atoms with Crippen molar-refractivity contribution >= 4 is 35.2 Å². The minimum absolute atomic E-state index is 0.161. The Morgan fingerprint density at radius 3 is 2.70 bits per heavy atom. The van der Waals surface area contributed by atoms with E-state index >= 15 is 0 Å². The van der Waals surface area contributed by atoms with Gasteiger partial charge in [-0.25, -0.2) is 0 Å². The van der Waals surface area contributed by atoms with Crippen LogP contribution in [-0.4, -0.2) is 10.9 Å². The maximum atomic E-state index is 11.9. The molecular weight excluding hydrogens is 335 g/mol. The molecule has 6 heteroatoms. The Balaban J connectivity index is 2.05. The second-order valence-electron chi connectivity index (χ2n) is 5.16. The molecule has 2 N–H and O–H groups in total. The van der Waals surface area contributed by atoms with Gasteiger partial charge in [-0.1, -0.05) is 23.2 Å². The van der Waals surface area contributed by atoms with Crippen molar-refractivity contribution in [3.05, 3.63) is 73.1 Å². The summed E-state index contributed by atoms with van der Waals surface area (Å²) in [5.41, 5.74) is 2.63. The number of pyridine rings is 1. The summed E-state index contributed by atoms with van der Waals surface area (Å²) in [6, 6.07) is 6.87. The van der Waals surface area contributed by atoms with Crippen molar-refractivity contribution in [2.45, 2.75) is 20.4 Å². The normalized spacial score (nSPS) is 11.0. The van der Waals surface area contributed by atoms with Crippen molar-refractivity contribution in [1.82, 2.24) is 10.3 Å². The number of nitrogens with one attached hydrogen (secondary N) is 2. The van der Waals surface area contributed by atoms with Gasteiger partial charge in [-0.05, 0) is 55.3 Å². The van der Waals surface area contributed by atoms with Gasteiger partial charge in [0.2, 0.25) is 5.91 Å². The van der Waals surface area contributed by atoms with E-state index in [1.165, 1.54) is 6.08 Å². The standard InChI is InChI=1S/C17H16Cl2N2O2/c1-10-7-11(2)21-17(23)14(10)9-20-16(22)6-3-12-8-13(18)4-5-15(12)19/h3-8H,9H2,1-2H3,(H,20,22)(H,21,23)/b6-3+. The second kappa shape index (κ2) is 7.49. The van der Waals surface area contributed by atoms with E-state index in [1.807, 2.05) is 19.9 Å². The molecule has 0 radical (unpaired) electrons. The zero-order valence-corrected chi connectivity index (χ0v) is 14.3. The molecule has 0 aliphatic heterocycles. The van der Waals surface area contributed by atoms with Gasteiger partial charge in [0.1, 0.15) is 0 Å². The van der Waals surface area contributed by atoms with Crippen molar-refractivity contribution in [3.8, 4) is 0 Å². The molecule has 1 heterocycles. The molecule has 2 aromatic rings. The fourth-order valence-electron chi connectivity index (χ4n) is 2.14. The smallest absolute Gasteiger partial charge is 0.253 e. The number of aryl methyl sites for hydroxylation is 2. The number of amides is 1. The Kier molecular flexibility index (Phi) is 5.64. The zero-order chi connectivity index (χ0) is 17.0. The summed E-state index contributed by atoms with van der Waals surface area (Å²) in [4.78, 5) is 26.5. The van der Waals surface area contributed by atoms with Crippen LogP contribution in [0.3, 0.4) is 0 Å². The van der Waals surface area contributed by atoms with Crippen LogP contribution >= 0.6 is 23.2 Å². The number of rotatable bonds is 4. The van der Waals surface area contributed by atoms with Crippen LogP contribution in [0.5, 0.6) is 0 Å². The van der Waals surface area contributed by atoms with E-state index in [4.69, 9.17) is 23.2 Å². The lowest BCUT2D eigenvalue weighted by atomic mass is 10.1. The topological polar surface area (TPSA) is 62.0 Å². The molecule has 0 fully saturated rings. The van der Waals surface area contributed by atoms with Crippen LogP contribution in [0.25, 0.3) is 6.08 Å². The van der Waals surface area contributed by atoms with E-state index in [2.05, 4.69) is 10.3 Å². The zero-order valence-electron chi connectivity index (χ0n) is 12.7. The molecule has 1 aromatic heterocycles. The van der Waals surface area contributed by atoms with Crippen molar-refractivity contribution in [1.29, 1.82) is 0 Å². The minimum Gasteiger partial charge on any atom is -0.348 e. The van der Waals surface area contributed by atoms with Crippen molar-refractivity contribution in [3.63, 3.8) is 0 Å². The van der Waals surface area contributed by atoms with Crippen molar-refractivity contribution in [2.75, 3.05) is 0 Å². The van der Waals surface area contributed by atoms with E-state index in [9.17, 15) is 9.59 Å². The van der Waals surface area contributed by atoms with Gasteiger partial charge in [-0.3, -0.25) is 9.59 Å². The van der Waals surface area contributed by atoms with Gasteiger partial charge in [-0.15, -0.1) is 0 Å².